The predicted octanol–water partition coefficient (Wildman–Crippen LogP) is 4.29. The van der Waals surface area contributed by atoms with Crippen molar-refractivity contribution in [2.75, 3.05) is 23.3 Å². The van der Waals surface area contributed by atoms with Crippen molar-refractivity contribution in [3.63, 3.8) is 0 Å². The Morgan fingerprint density at radius 2 is 1.85 bits per heavy atom. The van der Waals surface area contributed by atoms with Crippen molar-refractivity contribution in [2.24, 2.45) is 0 Å². The van der Waals surface area contributed by atoms with E-state index in [-0.39, 0.29) is 5.91 Å². The van der Waals surface area contributed by atoms with Gasteiger partial charge in [0.25, 0.3) is 5.91 Å². The molecule has 6 nitrogen and oxygen atoms in total. The van der Waals surface area contributed by atoms with Crippen LogP contribution in [-0.4, -0.2) is 29.0 Å². The SMILES string of the molecule is Cc1ccc(-c2nc(C(=O)Nc3ccccn3)c(N3CCCCC3)o2)cc1. The number of piperidine rings is 1. The van der Waals surface area contributed by atoms with Gasteiger partial charge in [-0.3, -0.25) is 4.79 Å². The summed E-state index contributed by atoms with van der Waals surface area (Å²) in [6.45, 7) is 3.77. The summed E-state index contributed by atoms with van der Waals surface area (Å²) in [7, 11) is 0. The molecule has 0 unspecified atom stereocenters. The lowest BCUT2D eigenvalue weighted by Crippen LogP contribution is -2.31. The smallest absolute Gasteiger partial charge is 0.281 e. The molecule has 0 aliphatic carbocycles. The van der Waals surface area contributed by atoms with Crippen LogP contribution in [0.2, 0.25) is 0 Å². The highest BCUT2D eigenvalue weighted by Gasteiger charge is 2.26. The van der Waals surface area contributed by atoms with E-state index in [0.29, 0.717) is 23.3 Å². The molecule has 1 fully saturated rings. The van der Waals surface area contributed by atoms with E-state index in [1.54, 1.807) is 18.3 Å². The number of aromatic nitrogens is 2. The van der Waals surface area contributed by atoms with E-state index in [4.69, 9.17) is 4.42 Å². The second-order valence-electron chi connectivity index (χ2n) is 6.76. The molecule has 3 heterocycles. The predicted molar refractivity (Wildman–Crippen MR) is 105 cm³/mol. The highest BCUT2D eigenvalue weighted by molar-refractivity contribution is 6.05. The number of hydrogen-bond donors (Lipinski definition) is 1. The van der Waals surface area contributed by atoms with Gasteiger partial charge in [0.2, 0.25) is 11.8 Å². The highest BCUT2D eigenvalue weighted by atomic mass is 16.4. The van der Waals surface area contributed by atoms with Crippen molar-refractivity contribution < 1.29 is 9.21 Å². The second-order valence-corrected chi connectivity index (χ2v) is 6.76. The minimum Gasteiger partial charge on any atom is -0.420 e. The fraction of sp³-hybridized carbons (Fsp3) is 0.286. The first-order valence-electron chi connectivity index (χ1n) is 9.26. The number of carbonyl (C=O) groups is 1. The lowest BCUT2D eigenvalue weighted by Gasteiger charge is -2.26. The zero-order valence-electron chi connectivity index (χ0n) is 15.3. The van der Waals surface area contributed by atoms with Gasteiger partial charge in [-0.05, 0) is 50.5 Å². The summed E-state index contributed by atoms with van der Waals surface area (Å²) >= 11 is 0. The Kier molecular flexibility index (Phi) is 4.87. The topological polar surface area (TPSA) is 71.3 Å². The van der Waals surface area contributed by atoms with Crippen LogP contribution in [0.3, 0.4) is 0 Å². The monoisotopic (exact) mass is 362 g/mol. The Hall–Kier alpha value is -3.15. The number of rotatable bonds is 4. The lowest BCUT2D eigenvalue weighted by molar-refractivity contribution is 0.102. The summed E-state index contributed by atoms with van der Waals surface area (Å²) in [6, 6.07) is 13.3. The molecule has 1 saturated heterocycles. The number of nitrogens with one attached hydrogen (secondary N) is 1. The summed E-state index contributed by atoms with van der Waals surface area (Å²) in [4.78, 5) is 23.7. The number of aryl methyl sites for hydroxylation is 1. The molecule has 1 aromatic carbocycles. The number of oxazole rings is 1. The summed E-state index contributed by atoms with van der Waals surface area (Å²) in [5, 5.41) is 2.81. The molecule has 0 bridgehead atoms. The van der Waals surface area contributed by atoms with Gasteiger partial charge in [-0.2, -0.15) is 0 Å². The quantitative estimate of drug-likeness (QED) is 0.750. The molecule has 1 N–H and O–H groups in total. The average molecular weight is 362 g/mol. The van der Waals surface area contributed by atoms with Crippen LogP contribution < -0.4 is 10.2 Å². The zero-order chi connectivity index (χ0) is 18.6. The third-order valence-electron chi connectivity index (χ3n) is 4.67. The van der Waals surface area contributed by atoms with Gasteiger partial charge in [-0.15, -0.1) is 0 Å². The van der Waals surface area contributed by atoms with Gasteiger partial charge >= 0.3 is 0 Å². The summed E-state index contributed by atoms with van der Waals surface area (Å²) in [5.74, 6) is 1.18. The van der Waals surface area contributed by atoms with Crippen molar-refractivity contribution in [3.05, 3.63) is 59.9 Å². The lowest BCUT2D eigenvalue weighted by atomic mass is 10.1. The number of anilines is 2. The van der Waals surface area contributed by atoms with Gasteiger partial charge in [0.15, 0.2) is 5.69 Å². The van der Waals surface area contributed by atoms with Gasteiger partial charge in [-0.25, -0.2) is 9.97 Å². The Morgan fingerprint density at radius 1 is 1.07 bits per heavy atom. The first-order chi connectivity index (χ1) is 13.2. The summed E-state index contributed by atoms with van der Waals surface area (Å²) in [6.07, 6.45) is 5.01. The number of amides is 1. The molecule has 3 aromatic rings. The summed E-state index contributed by atoms with van der Waals surface area (Å²) < 4.78 is 6.07. The Labute approximate surface area is 158 Å². The van der Waals surface area contributed by atoms with Crippen LogP contribution in [0, 0.1) is 6.92 Å². The van der Waals surface area contributed by atoms with E-state index in [2.05, 4.69) is 20.2 Å². The van der Waals surface area contributed by atoms with Crippen molar-refractivity contribution in [1.82, 2.24) is 9.97 Å². The third-order valence-corrected chi connectivity index (χ3v) is 4.67. The van der Waals surface area contributed by atoms with E-state index in [1.165, 1.54) is 6.42 Å². The first-order valence-corrected chi connectivity index (χ1v) is 9.26. The molecule has 138 valence electrons. The van der Waals surface area contributed by atoms with Crippen LogP contribution in [0.5, 0.6) is 0 Å². The van der Waals surface area contributed by atoms with E-state index < -0.39 is 0 Å². The minimum absolute atomic E-state index is 0.304. The van der Waals surface area contributed by atoms with E-state index in [1.807, 2.05) is 37.3 Å². The van der Waals surface area contributed by atoms with Gasteiger partial charge in [0.05, 0.1) is 0 Å². The maximum Gasteiger partial charge on any atom is 0.281 e. The van der Waals surface area contributed by atoms with Crippen LogP contribution in [0.4, 0.5) is 11.7 Å². The molecular formula is C21H22N4O2. The molecule has 0 atom stereocenters. The normalized spacial score (nSPS) is 14.2. The molecule has 4 rings (SSSR count). The number of nitrogens with zero attached hydrogens (tertiary/aromatic N) is 3. The van der Waals surface area contributed by atoms with Crippen LogP contribution in [-0.2, 0) is 0 Å². The van der Waals surface area contributed by atoms with E-state index >= 15 is 0 Å². The highest BCUT2D eigenvalue weighted by Crippen LogP contribution is 2.31. The van der Waals surface area contributed by atoms with Crippen molar-refractivity contribution in [3.8, 4) is 11.5 Å². The van der Waals surface area contributed by atoms with Gasteiger partial charge < -0.3 is 14.6 Å². The van der Waals surface area contributed by atoms with E-state index in [0.717, 1.165) is 37.1 Å². The third kappa shape index (κ3) is 3.84. The maximum absolute atomic E-state index is 12.9. The Balaban J connectivity index is 1.69. The van der Waals surface area contributed by atoms with Gasteiger partial charge in [0.1, 0.15) is 5.82 Å². The standard InChI is InChI=1S/C21H22N4O2/c1-15-8-10-16(11-9-15)20-24-18(19(26)23-17-7-3-4-12-22-17)21(27-20)25-13-5-2-6-14-25/h3-4,7-12H,2,5-6,13-14H2,1H3,(H,22,23,26). The average Bonchev–Trinajstić information content (AvgIpc) is 3.16. The minimum atomic E-state index is -0.309. The molecule has 1 amide bonds. The van der Waals surface area contributed by atoms with Crippen LogP contribution in [0.1, 0.15) is 35.3 Å². The molecule has 1 aliphatic heterocycles. The van der Waals surface area contributed by atoms with E-state index in [9.17, 15) is 4.79 Å². The molecular weight excluding hydrogens is 340 g/mol. The molecule has 0 spiro atoms. The van der Waals surface area contributed by atoms with Crippen LogP contribution in [0.25, 0.3) is 11.5 Å². The zero-order valence-corrected chi connectivity index (χ0v) is 15.3. The van der Waals surface area contributed by atoms with Gasteiger partial charge in [0, 0.05) is 24.8 Å². The fourth-order valence-corrected chi connectivity index (χ4v) is 3.20. The fourth-order valence-electron chi connectivity index (χ4n) is 3.20. The van der Waals surface area contributed by atoms with Gasteiger partial charge in [-0.1, -0.05) is 23.8 Å². The molecule has 6 heteroatoms. The number of pyridine rings is 1. The molecule has 27 heavy (non-hydrogen) atoms. The largest absolute Gasteiger partial charge is 0.420 e. The molecule has 1 aliphatic rings. The molecule has 0 radical (unpaired) electrons. The van der Waals surface area contributed by atoms with Crippen molar-refractivity contribution in [2.45, 2.75) is 26.2 Å². The van der Waals surface area contributed by atoms with Crippen molar-refractivity contribution in [1.29, 1.82) is 0 Å². The molecule has 2 aromatic heterocycles. The van der Waals surface area contributed by atoms with Crippen LogP contribution >= 0.6 is 0 Å². The Bertz CT molecular complexity index is 913. The first kappa shape index (κ1) is 17.3. The van der Waals surface area contributed by atoms with Crippen LogP contribution in [0.15, 0.2) is 53.1 Å². The Morgan fingerprint density at radius 3 is 2.56 bits per heavy atom. The van der Waals surface area contributed by atoms with Crippen molar-refractivity contribution >= 4 is 17.6 Å². The molecule has 0 saturated carbocycles. The number of benzene rings is 1. The summed E-state index contributed by atoms with van der Waals surface area (Å²) in [5.41, 5.74) is 2.32. The maximum atomic E-state index is 12.9. The second kappa shape index (κ2) is 7.61. The number of carbonyl (C=O) groups excluding carboxylic acids is 1. The number of hydrogen-bond acceptors (Lipinski definition) is 5.